The predicted molar refractivity (Wildman–Crippen MR) is 169 cm³/mol. The van der Waals surface area contributed by atoms with E-state index in [-0.39, 0.29) is 84.9 Å². The van der Waals surface area contributed by atoms with E-state index in [9.17, 15) is 38.4 Å². The Kier molecular flexibility index (Phi) is 19.1. The summed E-state index contributed by atoms with van der Waals surface area (Å²) in [5, 5.41) is 11.2. The maximum Gasteiger partial charge on any atom is 0.253 e. The SMILES string of the molecule is CNC(CCCCNC(=O)CCN1C(=O)C=CC1=O)C(N)=O.CN[C@@H](CCCCNC(=O)CCN1C(=O)C=CC1=O)C(=O)P=S. The number of carbonyl (C=O) groups excluding carboxylic acids is 8. The van der Waals surface area contributed by atoms with E-state index in [1.807, 2.05) is 0 Å². The zero-order chi connectivity index (χ0) is 33.8. The van der Waals surface area contributed by atoms with E-state index in [2.05, 4.69) is 21.3 Å². The maximum atomic E-state index is 11.7. The molecule has 248 valence electrons. The Morgan fingerprint density at radius 2 is 1.09 bits per heavy atom. The van der Waals surface area contributed by atoms with E-state index in [1.54, 1.807) is 14.1 Å². The molecular formula is C28H42N7O8PS. The number of likely N-dealkylation sites (N-methyl/N-ethyl adjacent to an activating group) is 2. The molecule has 45 heavy (non-hydrogen) atoms. The highest BCUT2D eigenvalue weighted by molar-refractivity contribution is 8.03. The number of nitrogens with zero attached hydrogens (tertiary/aromatic N) is 2. The number of rotatable bonds is 21. The number of hydrogen-bond donors (Lipinski definition) is 5. The van der Waals surface area contributed by atoms with Crippen LogP contribution in [0.15, 0.2) is 24.3 Å². The van der Waals surface area contributed by atoms with Crippen molar-refractivity contribution < 1.29 is 38.4 Å². The first kappa shape index (κ1) is 39.3. The molecule has 2 atom stereocenters. The standard InChI is InChI=1S/C14H22N4O4.C14H20N3O4PS/c1-16-10(14(15)22)4-2-3-8-17-11(19)7-9-18-12(20)5-6-13(18)21;1-15-10(14(21)22-23)4-2-3-8-16-11(18)7-9-17-12(19)5-6-13(17)20/h5-6,10,16H,2-4,7-9H2,1H3,(H2,15,22)(H,17,19);5-6,10,15H,2-4,7-9H2,1H3,(H,16,18)/t;10-/m.0/s1. The number of hydrogen-bond acceptors (Lipinski definition) is 11. The van der Waals surface area contributed by atoms with Crippen LogP contribution in [0.3, 0.4) is 0 Å². The molecule has 1 unspecified atom stereocenters. The molecule has 0 aliphatic carbocycles. The van der Waals surface area contributed by atoms with Crippen LogP contribution in [-0.4, -0.2) is 109 Å². The molecular weight excluding hydrogens is 625 g/mol. The molecule has 0 radical (unpaired) electrons. The molecule has 0 aromatic heterocycles. The first-order chi connectivity index (χ1) is 21.4. The molecule has 2 rings (SSSR count). The number of imide groups is 2. The van der Waals surface area contributed by atoms with Crippen LogP contribution >= 0.6 is 7.36 Å². The molecule has 6 N–H and O–H groups in total. The summed E-state index contributed by atoms with van der Waals surface area (Å²) in [5.41, 5.74) is 5.18. The van der Waals surface area contributed by atoms with Crippen LogP contribution in [0.5, 0.6) is 0 Å². The number of amides is 7. The number of unbranched alkanes of at least 4 members (excludes halogenated alkanes) is 2. The molecule has 7 amide bonds. The fourth-order valence-corrected chi connectivity index (χ4v) is 4.96. The van der Waals surface area contributed by atoms with Gasteiger partial charge >= 0.3 is 0 Å². The van der Waals surface area contributed by atoms with Gasteiger partial charge in [0.1, 0.15) is 0 Å². The predicted octanol–water partition coefficient (Wildman–Crippen LogP) is -1.23. The van der Waals surface area contributed by atoms with Gasteiger partial charge in [-0.25, -0.2) is 0 Å². The van der Waals surface area contributed by atoms with Crippen LogP contribution in [0.25, 0.3) is 0 Å². The molecule has 0 spiro atoms. The molecule has 0 fully saturated rings. The molecule has 0 saturated heterocycles. The monoisotopic (exact) mass is 667 g/mol. The third kappa shape index (κ3) is 15.2. The Morgan fingerprint density at radius 3 is 1.42 bits per heavy atom. The topological polar surface area (TPSA) is 217 Å². The van der Waals surface area contributed by atoms with E-state index in [4.69, 9.17) is 17.5 Å². The molecule has 15 nitrogen and oxygen atoms in total. The molecule has 0 aromatic carbocycles. The largest absolute Gasteiger partial charge is 0.368 e. The summed E-state index contributed by atoms with van der Waals surface area (Å²) in [6.45, 7) is 1.15. The normalized spacial score (nSPS) is 15.2. The van der Waals surface area contributed by atoms with Crippen molar-refractivity contribution in [1.29, 1.82) is 0 Å². The van der Waals surface area contributed by atoms with Gasteiger partial charge < -0.3 is 27.0 Å². The zero-order valence-electron chi connectivity index (χ0n) is 25.5. The lowest BCUT2D eigenvalue weighted by atomic mass is 10.1. The fraction of sp³-hybridized carbons (Fsp3) is 0.571. The minimum absolute atomic E-state index is 0.0138. The summed E-state index contributed by atoms with van der Waals surface area (Å²) in [6.07, 6.45) is 9.25. The van der Waals surface area contributed by atoms with Gasteiger partial charge in [0, 0.05) is 63.3 Å². The van der Waals surface area contributed by atoms with Crippen molar-refractivity contribution >= 4 is 66.0 Å². The van der Waals surface area contributed by atoms with Crippen LogP contribution in [0.2, 0.25) is 0 Å². The van der Waals surface area contributed by atoms with Crippen LogP contribution in [0, 0.1) is 0 Å². The van der Waals surface area contributed by atoms with Crippen LogP contribution in [-0.2, 0) is 50.2 Å². The Labute approximate surface area is 269 Å². The first-order valence-corrected chi connectivity index (χ1v) is 16.5. The second kappa shape index (κ2) is 21.9. The van der Waals surface area contributed by atoms with Crippen molar-refractivity contribution in [2.45, 2.75) is 63.5 Å². The second-order valence-electron chi connectivity index (χ2n) is 10.0. The smallest absolute Gasteiger partial charge is 0.253 e. The second-order valence-corrected chi connectivity index (χ2v) is 11.2. The number of primary amides is 1. The fourth-order valence-electron chi connectivity index (χ4n) is 4.19. The highest BCUT2D eigenvalue weighted by Crippen LogP contribution is 2.09. The summed E-state index contributed by atoms with van der Waals surface area (Å²) >= 11 is 4.71. The van der Waals surface area contributed by atoms with Gasteiger partial charge in [0.05, 0.1) is 19.4 Å². The van der Waals surface area contributed by atoms with E-state index >= 15 is 0 Å². The Hall–Kier alpha value is -3.72. The molecule has 0 aromatic rings. The van der Waals surface area contributed by atoms with Gasteiger partial charge in [-0.1, -0.05) is 0 Å². The molecule has 0 saturated carbocycles. The minimum atomic E-state index is -0.389. The van der Waals surface area contributed by atoms with Crippen molar-refractivity contribution in [3.05, 3.63) is 24.3 Å². The molecule has 17 heteroatoms. The van der Waals surface area contributed by atoms with Crippen molar-refractivity contribution in [3.63, 3.8) is 0 Å². The maximum absolute atomic E-state index is 11.7. The molecule has 2 aliphatic heterocycles. The first-order valence-electron chi connectivity index (χ1n) is 14.6. The Morgan fingerprint density at radius 1 is 0.711 bits per heavy atom. The van der Waals surface area contributed by atoms with Gasteiger partial charge in [-0.2, -0.15) is 0 Å². The van der Waals surface area contributed by atoms with Gasteiger partial charge in [-0.15, -0.1) is 0 Å². The summed E-state index contributed by atoms with van der Waals surface area (Å²) in [6, 6.07) is -0.583. The summed E-state index contributed by atoms with van der Waals surface area (Å²) in [7, 11) is 3.73. The molecule has 0 bridgehead atoms. The quantitative estimate of drug-likeness (QED) is 0.0555. The van der Waals surface area contributed by atoms with Gasteiger partial charge in [0.25, 0.3) is 23.6 Å². The lowest BCUT2D eigenvalue weighted by molar-refractivity contribution is -0.139. The van der Waals surface area contributed by atoms with E-state index in [1.165, 1.54) is 24.3 Å². The van der Waals surface area contributed by atoms with Crippen LogP contribution < -0.4 is 27.0 Å². The Balaban J connectivity index is 0.000000450. The average molecular weight is 668 g/mol. The lowest BCUT2D eigenvalue weighted by Crippen LogP contribution is -2.39. The summed E-state index contributed by atoms with van der Waals surface area (Å²) < 4.78 is 0. The van der Waals surface area contributed by atoms with Crippen molar-refractivity contribution in [2.24, 2.45) is 5.73 Å². The molecule has 2 aliphatic rings. The van der Waals surface area contributed by atoms with Crippen LogP contribution in [0.4, 0.5) is 0 Å². The third-order valence-electron chi connectivity index (χ3n) is 6.84. The van der Waals surface area contributed by atoms with Gasteiger partial charge in [0.2, 0.25) is 23.2 Å². The van der Waals surface area contributed by atoms with Gasteiger partial charge in [-0.05, 0) is 64.4 Å². The third-order valence-corrected chi connectivity index (χ3v) is 7.87. The molecule has 2 heterocycles. The van der Waals surface area contributed by atoms with Crippen molar-refractivity contribution in [2.75, 3.05) is 40.3 Å². The zero-order valence-corrected chi connectivity index (χ0v) is 27.3. The van der Waals surface area contributed by atoms with Crippen LogP contribution in [0.1, 0.15) is 51.4 Å². The van der Waals surface area contributed by atoms with E-state index in [0.717, 1.165) is 35.5 Å². The minimum Gasteiger partial charge on any atom is -0.368 e. The average Bonchev–Trinajstić information content (AvgIpc) is 3.51. The number of nitrogens with one attached hydrogen (secondary N) is 4. The number of nitrogens with two attached hydrogens (primary N) is 1. The van der Waals surface area contributed by atoms with E-state index < -0.39 is 0 Å². The van der Waals surface area contributed by atoms with E-state index in [0.29, 0.717) is 33.3 Å². The van der Waals surface area contributed by atoms with Gasteiger partial charge in [0.15, 0.2) is 0 Å². The lowest BCUT2D eigenvalue weighted by Gasteiger charge is -2.14. The number of carbonyl (C=O) groups is 8. The summed E-state index contributed by atoms with van der Waals surface area (Å²) in [5.74, 6) is -2.35. The highest BCUT2D eigenvalue weighted by Gasteiger charge is 2.24. The van der Waals surface area contributed by atoms with Crippen molar-refractivity contribution in [3.8, 4) is 0 Å². The van der Waals surface area contributed by atoms with Crippen molar-refractivity contribution in [1.82, 2.24) is 31.1 Å². The highest BCUT2D eigenvalue weighted by atomic mass is 32.4. The van der Waals surface area contributed by atoms with Gasteiger partial charge in [-0.3, -0.25) is 48.2 Å². The summed E-state index contributed by atoms with van der Waals surface area (Å²) in [4.78, 5) is 93.0. The Bertz CT molecular complexity index is 1140.